The van der Waals surface area contributed by atoms with Crippen LogP contribution < -0.4 is 0 Å². The van der Waals surface area contributed by atoms with Crippen LogP contribution in [0.4, 0.5) is 0 Å². The maximum absolute atomic E-state index is 11.4. The maximum Gasteiger partial charge on any atom is 0.159 e. The lowest BCUT2D eigenvalue weighted by atomic mass is 9.95. The van der Waals surface area contributed by atoms with Gasteiger partial charge in [-0.05, 0) is 36.1 Å². The largest absolute Gasteiger partial charge is 0.295 e. The van der Waals surface area contributed by atoms with E-state index in [1.54, 1.807) is 6.92 Å². The van der Waals surface area contributed by atoms with Crippen LogP contribution >= 0.6 is 0 Å². The van der Waals surface area contributed by atoms with Gasteiger partial charge >= 0.3 is 0 Å². The molecule has 0 spiro atoms. The van der Waals surface area contributed by atoms with Gasteiger partial charge in [0.25, 0.3) is 0 Å². The monoisotopic (exact) mass is 224 g/mol. The minimum atomic E-state index is 0.116. The molecule has 0 bridgehead atoms. The molecule has 1 heteroatoms. The summed E-state index contributed by atoms with van der Waals surface area (Å²) in [4.78, 5) is 11.4. The van der Waals surface area contributed by atoms with Crippen molar-refractivity contribution in [2.45, 2.75) is 20.3 Å². The van der Waals surface area contributed by atoms with E-state index in [1.165, 1.54) is 16.7 Å². The second-order valence-electron chi connectivity index (χ2n) is 4.15. The van der Waals surface area contributed by atoms with Gasteiger partial charge in [-0.1, -0.05) is 49.4 Å². The molecule has 0 unspecified atom stereocenters. The van der Waals surface area contributed by atoms with Crippen LogP contribution in [-0.4, -0.2) is 5.78 Å². The first kappa shape index (κ1) is 11.6. The zero-order valence-corrected chi connectivity index (χ0v) is 10.2. The van der Waals surface area contributed by atoms with Crippen molar-refractivity contribution in [2.75, 3.05) is 0 Å². The highest BCUT2D eigenvalue weighted by atomic mass is 16.1. The molecule has 17 heavy (non-hydrogen) atoms. The van der Waals surface area contributed by atoms with E-state index in [-0.39, 0.29) is 5.78 Å². The highest BCUT2D eigenvalue weighted by molar-refractivity contribution is 5.95. The summed E-state index contributed by atoms with van der Waals surface area (Å²) in [5.41, 5.74) is 4.40. The van der Waals surface area contributed by atoms with Gasteiger partial charge in [0, 0.05) is 5.56 Å². The van der Waals surface area contributed by atoms with Crippen molar-refractivity contribution >= 4 is 5.78 Å². The minimum Gasteiger partial charge on any atom is -0.295 e. The van der Waals surface area contributed by atoms with Gasteiger partial charge in [-0.3, -0.25) is 4.79 Å². The number of carbonyl (C=O) groups is 1. The third-order valence-electron chi connectivity index (χ3n) is 2.98. The average molecular weight is 224 g/mol. The fraction of sp³-hybridized carbons (Fsp3) is 0.188. The number of benzene rings is 2. The van der Waals surface area contributed by atoms with Crippen molar-refractivity contribution in [1.29, 1.82) is 0 Å². The molecule has 0 aromatic heterocycles. The lowest BCUT2D eigenvalue weighted by Crippen LogP contribution is -1.95. The second-order valence-corrected chi connectivity index (χ2v) is 4.15. The summed E-state index contributed by atoms with van der Waals surface area (Å²) >= 11 is 0. The standard InChI is InChI=1S/C16H16O/c1-3-13-9-10-15(12(2)17)11-16(13)14-7-5-4-6-8-14/h4-11H,3H2,1-2H3. The van der Waals surface area contributed by atoms with Crippen LogP contribution in [0.5, 0.6) is 0 Å². The van der Waals surface area contributed by atoms with Crippen LogP contribution in [0.15, 0.2) is 48.5 Å². The molecular weight excluding hydrogens is 208 g/mol. The van der Waals surface area contributed by atoms with Gasteiger partial charge in [0.1, 0.15) is 0 Å². The number of ketones is 1. The van der Waals surface area contributed by atoms with E-state index in [0.717, 1.165) is 12.0 Å². The van der Waals surface area contributed by atoms with E-state index in [9.17, 15) is 4.79 Å². The summed E-state index contributed by atoms with van der Waals surface area (Å²) in [7, 11) is 0. The lowest BCUT2D eigenvalue weighted by Gasteiger charge is -2.09. The number of rotatable bonds is 3. The van der Waals surface area contributed by atoms with Crippen LogP contribution in [-0.2, 0) is 6.42 Å². The Kier molecular flexibility index (Phi) is 3.38. The zero-order chi connectivity index (χ0) is 12.3. The normalized spacial score (nSPS) is 10.2. The van der Waals surface area contributed by atoms with Crippen LogP contribution in [0, 0.1) is 0 Å². The van der Waals surface area contributed by atoms with E-state index in [1.807, 2.05) is 30.3 Å². The summed E-state index contributed by atoms with van der Waals surface area (Å²) in [5, 5.41) is 0. The molecule has 0 aliphatic rings. The molecule has 0 fully saturated rings. The number of carbonyl (C=O) groups excluding carboxylic acids is 1. The smallest absolute Gasteiger partial charge is 0.159 e. The van der Waals surface area contributed by atoms with Gasteiger partial charge in [-0.15, -0.1) is 0 Å². The Balaban J connectivity index is 2.58. The van der Waals surface area contributed by atoms with Crippen LogP contribution in [0.1, 0.15) is 29.8 Å². The van der Waals surface area contributed by atoms with Crippen molar-refractivity contribution in [3.8, 4) is 11.1 Å². The minimum absolute atomic E-state index is 0.116. The molecule has 0 amide bonds. The summed E-state index contributed by atoms with van der Waals surface area (Å²) in [6, 6.07) is 16.2. The van der Waals surface area contributed by atoms with Crippen LogP contribution in [0.3, 0.4) is 0 Å². The first-order valence-electron chi connectivity index (χ1n) is 5.91. The molecule has 0 atom stereocenters. The number of Topliss-reactive ketones (excluding diaryl/α,β-unsaturated/α-hetero) is 1. The van der Waals surface area contributed by atoms with Gasteiger partial charge in [-0.2, -0.15) is 0 Å². The fourth-order valence-electron chi connectivity index (χ4n) is 1.99. The zero-order valence-electron chi connectivity index (χ0n) is 10.2. The molecule has 0 saturated carbocycles. The van der Waals surface area contributed by atoms with Crippen molar-refractivity contribution in [2.24, 2.45) is 0 Å². The molecule has 0 heterocycles. The highest BCUT2D eigenvalue weighted by Crippen LogP contribution is 2.25. The van der Waals surface area contributed by atoms with Crippen molar-refractivity contribution in [3.05, 3.63) is 59.7 Å². The Morgan fingerprint density at radius 3 is 2.35 bits per heavy atom. The molecule has 86 valence electrons. The molecule has 0 saturated heterocycles. The second kappa shape index (κ2) is 4.96. The van der Waals surface area contributed by atoms with Gasteiger partial charge < -0.3 is 0 Å². The Labute approximate surface area is 102 Å². The predicted molar refractivity (Wildman–Crippen MR) is 71.3 cm³/mol. The Bertz CT molecular complexity index is 526. The van der Waals surface area contributed by atoms with E-state index >= 15 is 0 Å². The Morgan fingerprint density at radius 1 is 1.06 bits per heavy atom. The quantitative estimate of drug-likeness (QED) is 0.717. The first-order chi connectivity index (χ1) is 8.22. The van der Waals surface area contributed by atoms with Gasteiger partial charge in [0.05, 0.1) is 0 Å². The van der Waals surface area contributed by atoms with Crippen molar-refractivity contribution in [1.82, 2.24) is 0 Å². The average Bonchev–Trinajstić information content (AvgIpc) is 2.39. The molecule has 2 aromatic rings. The summed E-state index contributed by atoms with van der Waals surface area (Å²) in [6.07, 6.45) is 0.975. The topological polar surface area (TPSA) is 17.1 Å². The first-order valence-corrected chi connectivity index (χ1v) is 5.91. The Hall–Kier alpha value is -1.89. The summed E-state index contributed by atoms with van der Waals surface area (Å²) in [5.74, 6) is 0.116. The molecule has 2 rings (SSSR count). The maximum atomic E-state index is 11.4. The van der Waals surface area contributed by atoms with E-state index < -0.39 is 0 Å². The molecule has 0 aliphatic carbocycles. The molecular formula is C16H16O. The number of hydrogen-bond acceptors (Lipinski definition) is 1. The molecule has 0 aliphatic heterocycles. The van der Waals surface area contributed by atoms with Crippen molar-refractivity contribution in [3.63, 3.8) is 0 Å². The van der Waals surface area contributed by atoms with Gasteiger partial charge in [0.15, 0.2) is 5.78 Å². The Morgan fingerprint density at radius 2 is 1.76 bits per heavy atom. The third-order valence-corrected chi connectivity index (χ3v) is 2.98. The molecule has 2 aromatic carbocycles. The molecule has 0 N–H and O–H groups in total. The highest BCUT2D eigenvalue weighted by Gasteiger charge is 2.07. The van der Waals surface area contributed by atoms with Crippen molar-refractivity contribution < 1.29 is 4.79 Å². The summed E-state index contributed by atoms with van der Waals surface area (Å²) < 4.78 is 0. The van der Waals surface area contributed by atoms with Crippen LogP contribution in [0.25, 0.3) is 11.1 Å². The third kappa shape index (κ3) is 2.44. The fourth-order valence-corrected chi connectivity index (χ4v) is 1.99. The van der Waals surface area contributed by atoms with E-state index in [2.05, 4.69) is 25.1 Å². The predicted octanol–water partition coefficient (Wildman–Crippen LogP) is 4.12. The number of aryl methyl sites for hydroxylation is 1. The lowest BCUT2D eigenvalue weighted by molar-refractivity contribution is 0.101. The van der Waals surface area contributed by atoms with E-state index in [0.29, 0.717) is 0 Å². The van der Waals surface area contributed by atoms with Gasteiger partial charge in [0.2, 0.25) is 0 Å². The summed E-state index contributed by atoms with van der Waals surface area (Å²) in [6.45, 7) is 3.74. The molecule has 1 nitrogen and oxygen atoms in total. The molecule has 0 radical (unpaired) electrons. The van der Waals surface area contributed by atoms with Crippen LogP contribution in [0.2, 0.25) is 0 Å². The van der Waals surface area contributed by atoms with Gasteiger partial charge in [-0.25, -0.2) is 0 Å². The SMILES string of the molecule is CCc1ccc(C(C)=O)cc1-c1ccccc1. The van der Waals surface area contributed by atoms with E-state index in [4.69, 9.17) is 0 Å². The number of hydrogen-bond donors (Lipinski definition) is 0.